The molecular formula is C57H36N4O. The Morgan fingerprint density at radius 2 is 0.742 bits per heavy atom. The first kappa shape index (κ1) is 35.5. The summed E-state index contributed by atoms with van der Waals surface area (Å²) in [5.41, 5.74) is 14.6. The highest BCUT2D eigenvalue weighted by Crippen LogP contribution is 2.40. The van der Waals surface area contributed by atoms with Gasteiger partial charge in [0.25, 0.3) is 0 Å². The topological polar surface area (TPSA) is 56.7 Å². The van der Waals surface area contributed by atoms with E-state index in [1.807, 2.05) is 12.1 Å². The van der Waals surface area contributed by atoms with Crippen LogP contribution in [0.5, 0.6) is 0 Å². The second kappa shape index (κ2) is 14.7. The minimum atomic E-state index is 0.612. The number of para-hydroxylation sites is 2. The molecule has 5 nitrogen and oxygen atoms in total. The quantitative estimate of drug-likeness (QED) is 0.161. The fourth-order valence-corrected chi connectivity index (χ4v) is 8.76. The molecule has 0 amide bonds. The van der Waals surface area contributed by atoms with Crippen molar-refractivity contribution < 1.29 is 4.42 Å². The Morgan fingerprint density at radius 3 is 1.42 bits per heavy atom. The van der Waals surface area contributed by atoms with Gasteiger partial charge in [-0.25, -0.2) is 15.0 Å². The SMILES string of the molecule is c1ccc(-c2ccc(-c3nc(-c4ccc(-c5ccc6c(c5)oc5cc7c(cc56)c5ccccc5n7-c5ccccc5)cc4)nc(-c4cccc(-c5ccccc5)c4)n3)cc2)cc1. The number of nitrogens with zero attached hydrogens (tertiary/aromatic N) is 4. The maximum absolute atomic E-state index is 6.64. The second-order valence-electron chi connectivity index (χ2n) is 15.6. The van der Waals surface area contributed by atoms with Crippen LogP contribution in [0.4, 0.5) is 0 Å². The molecule has 12 aromatic rings. The molecule has 5 heteroatoms. The highest BCUT2D eigenvalue weighted by Gasteiger charge is 2.18. The van der Waals surface area contributed by atoms with Crippen molar-refractivity contribution in [3.63, 3.8) is 0 Å². The number of fused-ring (bicyclic) bond motifs is 6. The standard InChI is InChI=1S/C57H36N4O/c1-4-13-37(14-5-1)39-23-27-41(28-24-39)55-58-56(60-57(59-55)45-18-12-17-43(33-45)38-15-6-2-7-16-38)42-29-25-40(26-30-42)44-31-32-48-50-35-49-47-21-10-11-22-51(47)61(46-19-8-3-9-20-46)52(49)36-54(50)62-53(48)34-44/h1-36H. The van der Waals surface area contributed by atoms with E-state index in [0.29, 0.717) is 17.5 Å². The first-order valence-electron chi connectivity index (χ1n) is 20.8. The Bertz CT molecular complexity index is 3590. The van der Waals surface area contributed by atoms with E-state index in [-0.39, 0.29) is 0 Å². The van der Waals surface area contributed by atoms with Crippen LogP contribution in [0.3, 0.4) is 0 Å². The summed E-state index contributed by atoms with van der Waals surface area (Å²) in [5, 5.41) is 4.63. The van der Waals surface area contributed by atoms with Gasteiger partial charge in [0.2, 0.25) is 0 Å². The van der Waals surface area contributed by atoms with Gasteiger partial charge in [0.15, 0.2) is 17.5 Å². The van der Waals surface area contributed by atoms with Crippen LogP contribution in [0.15, 0.2) is 223 Å². The first-order chi connectivity index (χ1) is 30.7. The van der Waals surface area contributed by atoms with Crippen LogP contribution in [0.1, 0.15) is 0 Å². The monoisotopic (exact) mass is 792 g/mol. The van der Waals surface area contributed by atoms with E-state index < -0.39 is 0 Å². The average Bonchev–Trinajstić information content (AvgIpc) is 3.88. The van der Waals surface area contributed by atoms with Crippen molar-refractivity contribution in [2.24, 2.45) is 0 Å². The lowest BCUT2D eigenvalue weighted by molar-refractivity contribution is 0.669. The Morgan fingerprint density at radius 1 is 0.274 bits per heavy atom. The summed E-state index contributed by atoms with van der Waals surface area (Å²) < 4.78 is 8.97. The zero-order valence-corrected chi connectivity index (χ0v) is 33.5. The molecule has 0 saturated heterocycles. The summed E-state index contributed by atoms with van der Waals surface area (Å²) in [7, 11) is 0. The van der Waals surface area contributed by atoms with Crippen LogP contribution in [0.2, 0.25) is 0 Å². The molecule has 0 spiro atoms. The molecule has 0 aliphatic carbocycles. The molecule has 62 heavy (non-hydrogen) atoms. The molecule has 0 atom stereocenters. The Balaban J connectivity index is 0.919. The molecule has 0 N–H and O–H groups in total. The van der Waals surface area contributed by atoms with E-state index in [4.69, 9.17) is 19.4 Å². The fourth-order valence-electron chi connectivity index (χ4n) is 8.76. The molecule has 0 aliphatic heterocycles. The summed E-state index contributed by atoms with van der Waals surface area (Å²) in [4.78, 5) is 15.2. The summed E-state index contributed by atoms with van der Waals surface area (Å²) >= 11 is 0. The van der Waals surface area contributed by atoms with Gasteiger partial charge >= 0.3 is 0 Å². The Kier molecular flexibility index (Phi) is 8.42. The van der Waals surface area contributed by atoms with Gasteiger partial charge in [-0.3, -0.25) is 0 Å². The maximum atomic E-state index is 6.64. The van der Waals surface area contributed by atoms with Crippen molar-refractivity contribution in [1.82, 2.24) is 19.5 Å². The van der Waals surface area contributed by atoms with E-state index in [1.54, 1.807) is 0 Å². The van der Waals surface area contributed by atoms with Crippen LogP contribution < -0.4 is 0 Å². The van der Waals surface area contributed by atoms with Crippen molar-refractivity contribution in [1.29, 1.82) is 0 Å². The third kappa shape index (κ3) is 6.23. The second-order valence-corrected chi connectivity index (χ2v) is 15.6. The van der Waals surface area contributed by atoms with Crippen molar-refractivity contribution in [3.05, 3.63) is 218 Å². The molecule has 0 unspecified atom stereocenters. The van der Waals surface area contributed by atoms with Gasteiger partial charge in [-0.1, -0.05) is 170 Å². The van der Waals surface area contributed by atoms with Crippen LogP contribution in [0, 0.1) is 0 Å². The van der Waals surface area contributed by atoms with Gasteiger partial charge in [-0.15, -0.1) is 0 Å². The van der Waals surface area contributed by atoms with E-state index in [9.17, 15) is 0 Å². The van der Waals surface area contributed by atoms with Gasteiger partial charge in [-0.2, -0.15) is 0 Å². The molecule has 3 heterocycles. The molecular weight excluding hydrogens is 757 g/mol. The Labute approximate surface area is 357 Å². The molecule has 3 aromatic heterocycles. The lowest BCUT2D eigenvalue weighted by Gasteiger charge is -2.11. The van der Waals surface area contributed by atoms with E-state index in [2.05, 4.69) is 211 Å². The highest BCUT2D eigenvalue weighted by atomic mass is 16.3. The molecule has 12 rings (SSSR count). The predicted molar refractivity (Wildman–Crippen MR) is 254 cm³/mol. The normalized spacial score (nSPS) is 11.5. The van der Waals surface area contributed by atoms with E-state index >= 15 is 0 Å². The van der Waals surface area contributed by atoms with Crippen LogP contribution in [0.25, 0.3) is 117 Å². The number of rotatable bonds is 7. The molecule has 0 radical (unpaired) electrons. The van der Waals surface area contributed by atoms with Crippen molar-refractivity contribution in [2.75, 3.05) is 0 Å². The molecule has 290 valence electrons. The van der Waals surface area contributed by atoms with Gasteiger partial charge in [-0.05, 0) is 75.8 Å². The molecule has 0 saturated carbocycles. The maximum Gasteiger partial charge on any atom is 0.164 e. The minimum absolute atomic E-state index is 0.612. The van der Waals surface area contributed by atoms with Crippen LogP contribution in [-0.2, 0) is 0 Å². The van der Waals surface area contributed by atoms with E-state index in [0.717, 1.165) is 83.2 Å². The minimum Gasteiger partial charge on any atom is -0.456 e. The summed E-state index contributed by atoms with van der Waals surface area (Å²) in [5.74, 6) is 1.85. The average molecular weight is 793 g/mol. The van der Waals surface area contributed by atoms with Gasteiger partial charge in [0.1, 0.15) is 11.2 Å². The zero-order chi connectivity index (χ0) is 41.0. The summed E-state index contributed by atoms with van der Waals surface area (Å²) in [6.45, 7) is 0. The zero-order valence-electron chi connectivity index (χ0n) is 33.5. The number of furan rings is 1. The highest BCUT2D eigenvalue weighted by molar-refractivity contribution is 6.17. The Hall–Kier alpha value is -8.41. The van der Waals surface area contributed by atoms with E-state index in [1.165, 1.54) is 16.3 Å². The van der Waals surface area contributed by atoms with Crippen molar-refractivity contribution in [2.45, 2.75) is 0 Å². The summed E-state index contributed by atoms with van der Waals surface area (Å²) in [6.07, 6.45) is 0. The van der Waals surface area contributed by atoms with Gasteiger partial charge < -0.3 is 8.98 Å². The lowest BCUT2D eigenvalue weighted by Crippen LogP contribution is -2.00. The lowest BCUT2D eigenvalue weighted by atomic mass is 10.0. The number of benzene rings is 9. The number of aromatic nitrogens is 4. The smallest absolute Gasteiger partial charge is 0.164 e. The third-order valence-corrected chi connectivity index (χ3v) is 11.9. The van der Waals surface area contributed by atoms with Crippen LogP contribution in [-0.4, -0.2) is 19.5 Å². The molecule has 0 fully saturated rings. The molecule has 0 bridgehead atoms. The van der Waals surface area contributed by atoms with Crippen molar-refractivity contribution in [3.8, 4) is 73.2 Å². The fraction of sp³-hybridized carbons (Fsp3) is 0. The third-order valence-electron chi connectivity index (χ3n) is 11.9. The van der Waals surface area contributed by atoms with Gasteiger partial charge in [0, 0.05) is 50.0 Å². The van der Waals surface area contributed by atoms with Crippen LogP contribution >= 0.6 is 0 Å². The number of hydrogen-bond donors (Lipinski definition) is 0. The molecule has 0 aliphatic rings. The van der Waals surface area contributed by atoms with Crippen molar-refractivity contribution >= 4 is 43.7 Å². The largest absolute Gasteiger partial charge is 0.456 e. The summed E-state index contributed by atoms with van der Waals surface area (Å²) in [6, 6.07) is 76.2. The molecule has 9 aromatic carbocycles. The van der Waals surface area contributed by atoms with Gasteiger partial charge in [0.05, 0.1) is 11.0 Å². The predicted octanol–water partition coefficient (Wildman–Crippen LogP) is 14.9. The number of hydrogen-bond acceptors (Lipinski definition) is 4. The first-order valence-corrected chi connectivity index (χ1v) is 20.8.